The molecule has 2 aromatic rings. The van der Waals surface area contributed by atoms with Gasteiger partial charge in [0.1, 0.15) is 0 Å². The Morgan fingerprint density at radius 1 is 1.47 bits per heavy atom. The molecule has 0 aromatic carbocycles. The molecular weight excluding hydrogens is 220 g/mol. The van der Waals surface area contributed by atoms with Crippen molar-refractivity contribution in [2.24, 2.45) is 0 Å². The molecule has 0 unspecified atom stereocenters. The van der Waals surface area contributed by atoms with E-state index in [-0.39, 0.29) is 0 Å². The number of hydrogen-bond acceptors (Lipinski definition) is 4. The minimum absolute atomic E-state index is 0.338. The summed E-state index contributed by atoms with van der Waals surface area (Å²) < 4.78 is 6.41. The van der Waals surface area contributed by atoms with Gasteiger partial charge in [0.2, 0.25) is 0 Å². The molecule has 0 bridgehead atoms. The molecular formula is C11H12N4O2. The van der Waals surface area contributed by atoms with Crippen molar-refractivity contribution in [1.29, 1.82) is 0 Å². The Kier molecular flexibility index (Phi) is 3.34. The maximum absolute atomic E-state index is 11.2. The zero-order valence-corrected chi connectivity index (χ0v) is 9.33. The zero-order valence-electron chi connectivity index (χ0n) is 9.33. The smallest absolute Gasteiger partial charge is 0.411 e. The molecule has 0 saturated carbocycles. The fraction of sp³-hybridized carbons (Fsp3) is 0.182. The van der Waals surface area contributed by atoms with Gasteiger partial charge in [0.15, 0.2) is 0 Å². The first-order valence-corrected chi connectivity index (χ1v) is 5.18. The SMILES string of the molecule is CCOC(=O)Nc1cnn(-c2ccncc2)c1. The van der Waals surface area contributed by atoms with Gasteiger partial charge in [0.25, 0.3) is 0 Å². The van der Waals surface area contributed by atoms with Crippen LogP contribution in [0.2, 0.25) is 0 Å². The summed E-state index contributed by atoms with van der Waals surface area (Å²) in [6.45, 7) is 2.09. The van der Waals surface area contributed by atoms with Gasteiger partial charge in [0, 0.05) is 12.4 Å². The normalized spacial score (nSPS) is 9.94. The van der Waals surface area contributed by atoms with Gasteiger partial charge >= 0.3 is 6.09 Å². The summed E-state index contributed by atoms with van der Waals surface area (Å²) in [6, 6.07) is 3.64. The Hall–Kier alpha value is -2.37. The van der Waals surface area contributed by atoms with Gasteiger partial charge in [-0.3, -0.25) is 10.3 Å². The first-order valence-electron chi connectivity index (χ1n) is 5.18. The van der Waals surface area contributed by atoms with Gasteiger partial charge in [-0.2, -0.15) is 5.10 Å². The minimum Gasteiger partial charge on any atom is -0.450 e. The van der Waals surface area contributed by atoms with Crippen molar-refractivity contribution in [2.75, 3.05) is 11.9 Å². The lowest BCUT2D eigenvalue weighted by Gasteiger charge is -2.01. The second-order valence-electron chi connectivity index (χ2n) is 3.22. The first-order chi connectivity index (χ1) is 8.29. The summed E-state index contributed by atoms with van der Waals surface area (Å²) in [5, 5.41) is 6.69. The highest BCUT2D eigenvalue weighted by atomic mass is 16.5. The average Bonchev–Trinajstić information content (AvgIpc) is 2.79. The van der Waals surface area contributed by atoms with Gasteiger partial charge < -0.3 is 4.74 Å². The lowest BCUT2D eigenvalue weighted by Crippen LogP contribution is -2.12. The summed E-state index contributed by atoms with van der Waals surface area (Å²) in [4.78, 5) is 15.1. The van der Waals surface area contributed by atoms with Crippen LogP contribution >= 0.6 is 0 Å². The lowest BCUT2D eigenvalue weighted by atomic mass is 10.4. The van der Waals surface area contributed by atoms with E-state index in [4.69, 9.17) is 4.74 Å². The monoisotopic (exact) mass is 232 g/mol. The summed E-state index contributed by atoms with van der Waals surface area (Å²) in [6.07, 6.45) is 6.12. The number of carbonyl (C=O) groups is 1. The molecule has 0 aliphatic carbocycles. The number of rotatable bonds is 3. The van der Waals surface area contributed by atoms with Crippen LogP contribution < -0.4 is 5.32 Å². The van der Waals surface area contributed by atoms with Crippen molar-refractivity contribution in [3.63, 3.8) is 0 Å². The van der Waals surface area contributed by atoms with Gasteiger partial charge in [-0.05, 0) is 19.1 Å². The van der Waals surface area contributed by atoms with Crippen molar-refractivity contribution < 1.29 is 9.53 Å². The number of carbonyl (C=O) groups excluding carboxylic acids is 1. The third-order valence-corrected chi connectivity index (χ3v) is 2.03. The Morgan fingerprint density at radius 2 is 2.24 bits per heavy atom. The number of anilines is 1. The molecule has 0 atom stereocenters. The Labute approximate surface area is 98.2 Å². The van der Waals surface area contributed by atoms with E-state index in [1.807, 2.05) is 12.1 Å². The van der Waals surface area contributed by atoms with Crippen LogP contribution in [0.5, 0.6) is 0 Å². The lowest BCUT2D eigenvalue weighted by molar-refractivity contribution is 0.168. The second kappa shape index (κ2) is 5.11. The van der Waals surface area contributed by atoms with E-state index in [0.717, 1.165) is 5.69 Å². The highest BCUT2D eigenvalue weighted by Crippen LogP contribution is 2.10. The van der Waals surface area contributed by atoms with Crippen LogP contribution in [0.1, 0.15) is 6.92 Å². The Bertz CT molecular complexity index is 495. The molecule has 0 radical (unpaired) electrons. The fourth-order valence-corrected chi connectivity index (χ4v) is 1.31. The molecule has 2 rings (SSSR count). The molecule has 0 aliphatic rings. The van der Waals surface area contributed by atoms with Crippen LogP contribution in [0.15, 0.2) is 36.9 Å². The van der Waals surface area contributed by atoms with Gasteiger partial charge in [-0.25, -0.2) is 9.48 Å². The minimum atomic E-state index is -0.484. The van der Waals surface area contributed by atoms with Crippen LogP contribution in [-0.2, 0) is 4.74 Å². The van der Waals surface area contributed by atoms with Crippen molar-refractivity contribution >= 4 is 11.8 Å². The van der Waals surface area contributed by atoms with E-state index in [2.05, 4.69) is 15.4 Å². The third-order valence-electron chi connectivity index (χ3n) is 2.03. The standard InChI is InChI=1S/C11H12N4O2/c1-2-17-11(16)14-9-7-13-15(8-9)10-3-5-12-6-4-10/h3-8H,2H2,1H3,(H,14,16). The van der Waals surface area contributed by atoms with Gasteiger partial charge in [-0.1, -0.05) is 0 Å². The largest absolute Gasteiger partial charge is 0.450 e. The molecule has 2 heterocycles. The molecule has 0 spiro atoms. The molecule has 17 heavy (non-hydrogen) atoms. The number of amides is 1. The van der Waals surface area contributed by atoms with Crippen LogP contribution in [0, 0.1) is 0 Å². The predicted octanol–water partition coefficient (Wildman–Crippen LogP) is 1.84. The third kappa shape index (κ3) is 2.81. The number of aromatic nitrogens is 3. The van der Waals surface area contributed by atoms with Crippen LogP contribution in [0.4, 0.5) is 10.5 Å². The van der Waals surface area contributed by atoms with E-state index < -0.39 is 6.09 Å². The Balaban J connectivity index is 2.09. The van der Waals surface area contributed by atoms with Crippen molar-refractivity contribution in [3.8, 4) is 5.69 Å². The maximum atomic E-state index is 11.2. The summed E-state index contributed by atoms with van der Waals surface area (Å²) in [5.74, 6) is 0. The molecule has 1 N–H and O–H groups in total. The zero-order chi connectivity index (χ0) is 12.1. The van der Waals surface area contributed by atoms with Crippen LogP contribution in [0.25, 0.3) is 5.69 Å². The topological polar surface area (TPSA) is 69.0 Å². The van der Waals surface area contributed by atoms with Crippen LogP contribution in [-0.4, -0.2) is 27.5 Å². The quantitative estimate of drug-likeness (QED) is 0.876. The molecule has 1 amide bonds. The molecule has 0 fully saturated rings. The van der Waals surface area contributed by atoms with Crippen molar-refractivity contribution in [1.82, 2.24) is 14.8 Å². The fourth-order valence-electron chi connectivity index (χ4n) is 1.31. The van der Waals surface area contributed by atoms with Gasteiger partial charge in [-0.15, -0.1) is 0 Å². The van der Waals surface area contributed by atoms with E-state index in [9.17, 15) is 4.79 Å². The number of pyridine rings is 1. The van der Waals surface area contributed by atoms with E-state index >= 15 is 0 Å². The predicted molar refractivity (Wildman–Crippen MR) is 62.0 cm³/mol. The summed E-state index contributed by atoms with van der Waals surface area (Å²) in [5.41, 5.74) is 1.46. The second-order valence-corrected chi connectivity index (χ2v) is 3.22. The van der Waals surface area contributed by atoms with E-state index in [0.29, 0.717) is 12.3 Å². The van der Waals surface area contributed by atoms with Crippen molar-refractivity contribution in [3.05, 3.63) is 36.9 Å². The summed E-state index contributed by atoms with van der Waals surface area (Å²) >= 11 is 0. The Morgan fingerprint density at radius 3 is 2.94 bits per heavy atom. The highest BCUT2D eigenvalue weighted by Gasteiger charge is 2.05. The van der Waals surface area contributed by atoms with E-state index in [1.54, 1.807) is 36.4 Å². The van der Waals surface area contributed by atoms with Crippen LogP contribution in [0.3, 0.4) is 0 Å². The van der Waals surface area contributed by atoms with Gasteiger partial charge in [0.05, 0.1) is 30.4 Å². The summed E-state index contributed by atoms with van der Waals surface area (Å²) in [7, 11) is 0. The van der Waals surface area contributed by atoms with E-state index in [1.165, 1.54) is 0 Å². The number of nitrogens with one attached hydrogen (secondary N) is 1. The number of nitrogens with zero attached hydrogens (tertiary/aromatic N) is 3. The average molecular weight is 232 g/mol. The molecule has 0 saturated heterocycles. The number of hydrogen-bond donors (Lipinski definition) is 1. The molecule has 88 valence electrons. The number of ether oxygens (including phenoxy) is 1. The molecule has 6 heteroatoms. The molecule has 6 nitrogen and oxygen atoms in total. The molecule has 2 aromatic heterocycles. The maximum Gasteiger partial charge on any atom is 0.411 e. The molecule has 0 aliphatic heterocycles. The first kappa shape index (κ1) is 11.1. The van der Waals surface area contributed by atoms with Crippen molar-refractivity contribution in [2.45, 2.75) is 6.92 Å². The highest BCUT2D eigenvalue weighted by molar-refractivity contribution is 5.84.